The summed E-state index contributed by atoms with van der Waals surface area (Å²) in [7, 11) is 0. The zero-order chi connectivity index (χ0) is 18.6. The maximum atomic E-state index is 13.0. The summed E-state index contributed by atoms with van der Waals surface area (Å²) in [4.78, 5) is 27.2. The van der Waals surface area contributed by atoms with Gasteiger partial charge in [-0.05, 0) is 49.9 Å². The number of benzene rings is 1. The highest BCUT2D eigenvalue weighted by molar-refractivity contribution is 5.96. The molecule has 140 valence electrons. The van der Waals surface area contributed by atoms with E-state index < -0.39 is 0 Å². The van der Waals surface area contributed by atoms with Gasteiger partial charge in [0.15, 0.2) is 0 Å². The van der Waals surface area contributed by atoms with Crippen molar-refractivity contribution in [2.24, 2.45) is 5.92 Å². The average Bonchev–Trinajstić information content (AvgIpc) is 3.10. The van der Waals surface area contributed by atoms with Crippen LogP contribution in [-0.2, 0) is 6.42 Å². The highest BCUT2D eigenvalue weighted by Gasteiger charge is 2.27. The SMILES string of the molecule is CCOc1ncccc1C(=O)N1CCC[C@H](Cc2nc3ccccc3[nH]2)C1. The van der Waals surface area contributed by atoms with Gasteiger partial charge in [-0.15, -0.1) is 0 Å². The molecule has 1 aromatic carbocycles. The molecule has 1 saturated heterocycles. The number of imidazole rings is 1. The Morgan fingerprint density at radius 3 is 3.04 bits per heavy atom. The predicted octanol–water partition coefficient (Wildman–Crippen LogP) is 3.45. The fourth-order valence-corrected chi connectivity index (χ4v) is 3.77. The molecule has 0 unspecified atom stereocenters. The van der Waals surface area contributed by atoms with Crippen LogP contribution in [0.15, 0.2) is 42.6 Å². The Kier molecular flexibility index (Phi) is 5.05. The number of para-hydroxylation sites is 2. The highest BCUT2D eigenvalue weighted by Crippen LogP contribution is 2.24. The summed E-state index contributed by atoms with van der Waals surface area (Å²) in [5.74, 6) is 1.81. The maximum absolute atomic E-state index is 13.0. The van der Waals surface area contributed by atoms with Crippen LogP contribution in [0.5, 0.6) is 5.88 Å². The van der Waals surface area contributed by atoms with Gasteiger partial charge >= 0.3 is 0 Å². The second-order valence-corrected chi connectivity index (χ2v) is 6.95. The van der Waals surface area contributed by atoms with Crippen molar-refractivity contribution in [3.05, 3.63) is 54.0 Å². The number of carbonyl (C=O) groups is 1. The number of fused-ring (bicyclic) bond motifs is 1. The molecule has 6 nitrogen and oxygen atoms in total. The number of likely N-dealkylation sites (tertiary alicyclic amines) is 1. The van der Waals surface area contributed by atoms with E-state index in [1.54, 1.807) is 18.3 Å². The molecule has 0 radical (unpaired) electrons. The van der Waals surface area contributed by atoms with E-state index in [9.17, 15) is 4.79 Å². The Morgan fingerprint density at radius 2 is 2.19 bits per heavy atom. The lowest BCUT2D eigenvalue weighted by molar-refractivity contribution is 0.0667. The summed E-state index contributed by atoms with van der Waals surface area (Å²) in [5, 5.41) is 0. The number of pyridine rings is 1. The molecule has 3 heterocycles. The van der Waals surface area contributed by atoms with E-state index in [2.05, 4.69) is 15.0 Å². The number of amides is 1. The number of carbonyl (C=O) groups excluding carboxylic acids is 1. The summed E-state index contributed by atoms with van der Waals surface area (Å²) in [6.45, 7) is 3.89. The number of nitrogens with zero attached hydrogens (tertiary/aromatic N) is 3. The Balaban J connectivity index is 1.47. The summed E-state index contributed by atoms with van der Waals surface area (Å²) in [5.41, 5.74) is 2.60. The first kappa shape index (κ1) is 17.5. The zero-order valence-electron chi connectivity index (χ0n) is 15.5. The van der Waals surface area contributed by atoms with Crippen molar-refractivity contribution in [2.45, 2.75) is 26.2 Å². The highest BCUT2D eigenvalue weighted by atomic mass is 16.5. The number of ether oxygens (including phenoxy) is 1. The fourth-order valence-electron chi connectivity index (χ4n) is 3.77. The zero-order valence-corrected chi connectivity index (χ0v) is 15.5. The normalized spacial score (nSPS) is 17.2. The molecule has 2 aromatic heterocycles. The number of nitrogens with one attached hydrogen (secondary N) is 1. The van der Waals surface area contributed by atoms with E-state index in [0.717, 1.165) is 49.2 Å². The van der Waals surface area contributed by atoms with Gasteiger partial charge in [0.2, 0.25) is 5.88 Å². The topological polar surface area (TPSA) is 71.1 Å². The molecule has 1 aliphatic heterocycles. The number of aromatic amines is 1. The number of piperidine rings is 1. The van der Waals surface area contributed by atoms with Crippen molar-refractivity contribution in [3.8, 4) is 5.88 Å². The van der Waals surface area contributed by atoms with Gasteiger partial charge in [-0.1, -0.05) is 12.1 Å². The molecule has 0 aliphatic carbocycles. The van der Waals surface area contributed by atoms with Crippen LogP contribution in [0.4, 0.5) is 0 Å². The lowest BCUT2D eigenvalue weighted by Crippen LogP contribution is -2.40. The first-order valence-corrected chi connectivity index (χ1v) is 9.55. The van der Waals surface area contributed by atoms with E-state index in [1.165, 1.54) is 0 Å². The Labute approximate surface area is 158 Å². The van der Waals surface area contributed by atoms with Crippen LogP contribution in [0, 0.1) is 5.92 Å². The Morgan fingerprint density at radius 1 is 1.30 bits per heavy atom. The largest absolute Gasteiger partial charge is 0.477 e. The van der Waals surface area contributed by atoms with Crippen molar-refractivity contribution >= 4 is 16.9 Å². The average molecular weight is 364 g/mol. The van der Waals surface area contributed by atoms with Gasteiger partial charge in [0.05, 0.1) is 17.6 Å². The minimum absolute atomic E-state index is 0.000793. The van der Waals surface area contributed by atoms with Crippen LogP contribution >= 0.6 is 0 Å². The molecule has 1 atom stereocenters. The Bertz CT molecular complexity index is 904. The Hall–Kier alpha value is -2.89. The molecular weight excluding hydrogens is 340 g/mol. The van der Waals surface area contributed by atoms with E-state index in [0.29, 0.717) is 24.0 Å². The summed E-state index contributed by atoms with van der Waals surface area (Å²) < 4.78 is 5.53. The van der Waals surface area contributed by atoms with Crippen molar-refractivity contribution < 1.29 is 9.53 Å². The van der Waals surface area contributed by atoms with Gasteiger partial charge in [0.1, 0.15) is 11.4 Å². The van der Waals surface area contributed by atoms with E-state index >= 15 is 0 Å². The third-order valence-electron chi connectivity index (χ3n) is 5.01. The lowest BCUT2D eigenvalue weighted by atomic mass is 9.94. The quantitative estimate of drug-likeness (QED) is 0.753. The molecule has 1 amide bonds. The van der Waals surface area contributed by atoms with Crippen molar-refractivity contribution in [1.82, 2.24) is 19.9 Å². The molecule has 1 N–H and O–H groups in total. The molecule has 3 aromatic rings. The molecule has 0 spiro atoms. The van der Waals surface area contributed by atoms with Crippen molar-refractivity contribution in [2.75, 3.05) is 19.7 Å². The maximum Gasteiger partial charge on any atom is 0.259 e. The molecular formula is C21H24N4O2. The number of aromatic nitrogens is 3. The van der Waals surface area contributed by atoms with Crippen LogP contribution in [0.25, 0.3) is 11.0 Å². The minimum Gasteiger partial charge on any atom is -0.477 e. The predicted molar refractivity (Wildman–Crippen MR) is 104 cm³/mol. The smallest absolute Gasteiger partial charge is 0.259 e. The standard InChI is InChI=1S/C21H24N4O2/c1-2-27-20-16(8-5-11-22-20)21(26)25-12-6-7-15(14-25)13-19-23-17-9-3-4-10-18(17)24-19/h3-5,8-11,15H,2,6-7,12-14H2,1H3,(H,23,24)/t15-/m1/s1. The third kappa shape index (κ3) is 3.79. The van der Waals surface area contributed by atoms with Gasteiger partial charge in [-0.2, -0.15) is 0 Å². The summed E-state index contributed by atoms with van der Waals surface area (Å²) in [6, 6.07) is 11.6. The van der Waals surface area contributed by atoms with E-state index in [-0.39, 0.29) is 5.91 Å². The first-order valence-electron chi connectivity index (χ1n) is 9.55. The second kappa shape index (κ2) is 7.78. The van der Waals surface area contributed by atoms with Gasteiger partial charge < -0.3 is 14.6 Å². The number of hydrogen-bond donors (Lipinski definition) is 1. The molecule has 4 rings (SSSR count). The minimum atomic E-state index is 0.000793. The first-order chi connectivity index (χ1) is 13.2. The fraction of sp³-hybridized carbons (Fsp3) is 0.381. The van der Waals surface area contributed by atoms with Gasteiger partial charge in [0, 0.05) is 25.7 Å². The van der Waals surface area contributed by atoms with E-state index in [4.69, 9.17) is 4.74 Å². The molecule has 1 aliphatic rings. The van der Waals surface area contributed by atoms with Gasteiger partial charge in [-0.25, -0.2) is 9.97 Å². The lowest BCUT2D eigenvalue weighted by Gasteiger charge is -2.32. The van der Waals surface area contributed by atoms with Crippen LogP contribution in [-0.4, -0.2) is 45.5 Å². The molecule has 6 heteroatoms. The molecule has 1 fully saturated rings. The summed E-state index contributed by atoms with van der Waals surface area (Å²) in [6.07, 6.45) is 4.61. The number of hydrogen-bond acceptors (Lipinski definition) is 4. The van der Waals surface area contributed by atoms with Crippen molar-refractivity contribution in [3.63, 3.8) is 0 Å². The molecule has 0 saturated carbocycles. The van der Waals surface area contributed by atoms with E-state index in [1.807, 2.05) is 36.1 Å². The van der Waals surface area contributed by atoms with Gasteiger partial charge in [-0.3, -0.25) is 4.79 Å². The van der Waals surface area contributed by atoms with Crippen LogP contribution < -0.4 is 4.74 Å². The molecule has 0 bridgehead atoms. The van der Waals surface area contributed by atoms with Crippen molar-refractivity contribution in [1.29, 1.82) is 0 Å². The monoisotopic (exact) mass is 364 g/mol. The number of H-pyrrole nitrogens is 1. The van der Waals surface area contributed by atoms with Crippen LogP contribution in [0.1, 0.15) is 35.9 Å². The second-order valence-electron chi connectivity index (χ2n) is 6.95. The third-order valence-corrected chi connectivity index (χ3v) is 5.01. The summed E-state index contributed by atoms with van der Waals surface area (Å²) >= 11 is 0. The molecule has 27 heavy (non-hydrogen) atoms. The van der Waals surface area contributed by atoms with Crippen LogP contribution in [0.2, 0.25) is 0 Å². The van der Waals surface area contributed by atoms with Crippen LogP contribution in [0.3, 0.4) is 0 Å². The number of rotatable bonds is 5. The van der Waals surface area contributed by atoms with Gasteiger partial charge in [0.25, 0.3) is 5.91 Å².